The molecule has 4 heterocycles. The number of aromatic nitrogens is 4. The number of hydrogen-bond acceptors (Lipinski definition) is 8. The van der Waals surface area contributed by atoms with E-state index in [1.807, 2.05) is 19.9 Å². The topological polar surface area (TPSA) is 109 Å². The number of likely N-dealkylation sites (tertiary alicyclic amines) is 2. The molecule has 2 aliphatic rings. The lowest BCUT2D eigenvalue weighted by atomic mass is 9.94. The Morgan fingerprint density at radius 2 is 1.98 bits per heavy atom. The largest absolute Gasteiger partial charge is 0.471 e. The zero-order valence-corrected chi connectivity index (χ0v) is 27.1. The monoisotopic (exact) mass is 643 g/mol. The summed E-state index contributed by atoms with van der Waals surface area (Å²) >= 11 is 0. The summed E-state index contributed by atoms with van der Waals surface area (Å²) in [4.78, 5) is 21.7. The number of fused-ring (bicyclic) bond motifs is 3. The molecule has 12 heteroatoms. The normalized spacial score (nSPS) is 21.1. The van der Waals surface area contributed by atoms with Crippen LogP contribution in [-0.2, 0) is 9.53 Å². The number of piperidine rings is 1. The van der Waals surface area contributed by atoms with Crippen LogP contribution in [0.4, 0.5) is 8.78 Å². The molecule has 0 spiro atoms. The van der Waals surface area contributed by atoms with Crippen molar-refractivity contribution in [3.63, 3.8) is 0 Å². The van der Waals surface area contributed by atoms with Crippen LogP contribution in [0.15, 0.2) is 42.5 Å². The lowest BCUT2D eigenvalue weighted by Gasteiger charge is -2.38. The molecular weight excluding hydrogens is 604 g/mol. The number of nitriles is 1. The Morgan fingerprint density at radius 1 is 1.19 bits per heavy atom. The number of aryl methyl sites for hydroxylation is 1. The number of rotatable bonds is 9. The number of benzene rings is 2. The van der Waals surface area contributed by atoms with E-state index in [0.717, 1.165) is 19.4 Å². The predicted octanol–water partition coefficient (Wildman–Crippen LogP) is 5.74. The molecular formula is C35H39F2N7O3. The maximum absolute atomic E-state index is 16.7. The molecule has 246 valence electrons. The van der Waals surface area contributed by atoms with Gasteiger partial charge in [0.2, 0.25) is 11.8 Å². The standard InChI is InChI=1S/C35H39F2N7O3/c1-21-19-27-32(31(37)30(21)23-9-11-24(36)12-10-23)39-35(47-22(2)28-7-5-16-42(28)3)33-34(27)44(41-40-33)26-14-17-43(25(20-26)13-15-38)29(45)8-6-18-46-4/h6,8-12,19,22,25-26,28H,5,7,13-14,16-18,20H2,1-4H3/b8-6+/t22?,25-,26+,28+/m1/s1. The van der Waals surface area contributed by atoms with Crippen LogP contribution < -0.4 is 4.74 Å². The van der Waals surface area contributed by atoms with Crippen molar-refractivity contribution in [2.75, 3.05) is 33.9 Å². The summed E-state index contributed by atoms with van der Waals surface area (Å²) in [6, 6.07) is 9.44. The molecule has 4 aromatic rings. The van der Waals surface area contributed by atoms with Crippen molar-refractivity contribution in [1.82, 2.24) is 29.8 Å². The molecule has 1 unspecified atom stereocenters. The van der Waals surface area contributed by atoms with Crippen LogP contribution in [0.2, 0.25) is 0 Å². The minimum atomic E-state index is -0.539. The zero-order valence-electron chi connectivity index (χ0n) is 27.1. The van der Waals surface area contributed by atoms with E-state index >= 15 is 4.39 Å². The summed E-state index contributed by atoms with van der Waals surface area (Å²) in [6.45, 7) is 5.50. The Morgan fingerprint density at radius 3 is 2.68 bits per heavy atom. The second-order valence-electron chi connectivity index (χ2n) is 12.5. The van der Waals surface area contributed by atoms with Crippen LogP contribution >= 0.6 is 0 Å². The molecule has 0 aliphatic carbocycles. The lowest BCUT2D eigenvalue weighted by Crippen LogP contribution is -2.46. The van der Waals surface area contributed by atoms with Gasteiger partial charge in [0.1, 0.15) is 23.0 Å². The van der Waals surface area contributed by atoms with Gasteiger partial charge in [-0.05, 0) is 82.4 Å². The number of carbonyl (C=O) groups excluding carboxylic acids is 1. The molecule has 4 atom stereocenters. The highest BCUT2D eigenvalue weighted by atomic mass is 19.1. The summed E-state index contributed by atoms with van der Waals surface area (Å²) in [6.07, 6.45) is 6.11. The van der Waals surface area contributed by atoms with Crippen molar-refractivity contribution >= 4 is 27.8 Å². The van der Waals surface area contributed by atoms with Crippen LogP contribution in [0.5, 0.6) is 5.88 Å². The van der Waals surface area contributed by atoms with Crippen LogP contribution in [0.25, 0.3) is 33.1 Å². The average molecular weight is 644 g/mol. The summed E-state index contributed by atoms with van der Waals surface area (Å²) in [5, 5.41) is 19.3. The molecule has 2 saturated heterocycles. The zero-order chi connectivity index (χ0) is 33.2. The van der Waals surface area contributed by atoms with E-state index in [2.05, 4.69) is 28.3 Å². The predicted molar refractivity (Wildman–Crippen MR) is 174 cm³/mol. The van der Waals surface area contributed by atoms with Gasteiger partial charge >= 0.3 is 0 Å². The fraction of sp³-hybridized carbons (Fsp3) is 0.457. The Bertz CT molecular complexity index is 1850. The van der Waals surface area contributed by atoms with Gasteiger partial charge in [0.15, 0.2) is 11.3 Å². The average Bonchev–Trinajstić information content (AvgIpc) is 3.70. The third-order valence-electron chi connectivity index (χ3n) is 9.52. The maximum Gasteiger partial charge on any atom is 0.246 e. The smallest absolute Gasteiger partial charge is 0.246 e. The number of nitrogens with zero attached hydrogens (tertiary/aromatic N) is 7. The molecule has 2 aromatic heterocycles. The van der Waals surface area contributed by atoms with E-state index < -0.39 is 11.6 Å². The number of hydrogen-bond donors (Lipinski definition) is 0. The first-order valence-electron chi connectivity index (χ1n) is 16.0. The first-order valence-corrected chi connectivity index (χ1v) is 16.0. The van der Waals surface area contributed by atoms with Crippen molar-refractivity contribution < 1.29 is 23.0 Å². The van der Waals surface area contributed by atoms with E-state index in [4.69, 9.17) is 14.5 Å². The Balaban J connectivity index is 1.46. The molecule has 1 amide bonds. The van der Waals surface area contributed by atoms with Gasteiger partial charge < -0.3 is 14.4 Å². The number of likely N-dealkylation sites (N-methyl/N-ethyl adjacent to an activating group) is 1. The molecule has 0 saturated carbocycles. The Hall–Kier alpha value is -4.47. The number of carbonyl (C=O) groups is 1. The summed E-state index contributed by atoms with van der Waals surface area (Å²) in [5.41, 5.74) is 2.65. The SMILES string of the molecule is COC/C=C/C(=O)N1CC[C@H](n2nnc3c(OC(C)[C@@H]4CCCN4C)nc4c(F)c(-c5ccc(F)cc5)c(C)cc4c32)C[C@H]1CC#N. The summed E-state index contributed by atoms with van der Waals surface area (Å²) in [5.74, 6) is -0.921. The quantitative estimate of drug-likeness (QED) is 0.213. The highest BCUT2D eigenvalue weighted by Gasteiger charge is 2.35. The van der Waals surface area contributed by atoms with E-state index in [1.54, 1.807) is 34.9 Å². The van der Waals surface area contributed by atoms with E-state index in [-0.39, 0.29) is 48.0 Å². The number of halogens is 2. The van der Waals surface area contributed by atoms with Crippen molar-refractivity contribution in [1.29, 1.82) is 5.26 Å². The molecule has 2 aromatic carbocycles. The van der Waals surface area contributed by atoms with E-state index in [0.29, 0.717) is 59.1 Å². The van der Waals surface area contributed by atoms with Gasteiger partial charge in [-0.15, -0.1) is 5.10 Å². The molecule has 2 aliphatic heterocycles. The van der Waals surface area contributed by atoms with Gasteiger partial charge in [-0.1, -0.05) is 23.4 Å². The first kappa shape index (κ1) is 32.5. The minimum Gasteiger partial charge on any atom is -0.471 e. The third-order valence-corrected chi connectivity index (χ3v) is 9.52. The second-order valence-corrected chi connectivity index (χ2v) is 12.5. The van der Waals surface area contributed by atoms with Gasteiger partial charge in [0.25, 0.3) is 0 Å². The fourth-order valence-electron chi connectivity index (χ4n) is 7.17. The number of amides is 1. The fourth-order valence-corrected chi connectivity index (χ4v) is 7.17. The molecule has 2 fully saturated rings. The Kier molecular flexibility index (Phi) is 9.47. The van der Waals surface area contributed by atoms with Crippen LogP contribution in [-0.4, -0.2) is 87.7 Å². The highest BCUT2D eigenvalue weighted by molar-refractivity contribution is 6.06. The molecule has 47 heavy (non-hydrogen) atoms. The van der Waals surface area contributed by atoms with Gasteiger partial charge in [0, 0.05) is 42.8 Å². The molecule has 10 nitrogen and oxygen atoms in total. The Labute approximate surface area is 272 Å². The molecule has 6 rings (SSSR count). The van der Waals surface area contributed by atoms with Crippen LogP contribution in [0.3, 0.4) is 0 Å². The first-order chi connectivity index (χ1) is 22.7. The lowest BCUT2D eigenvalue weighted by molar-refractivity contribution is -0.130. The minimum absolute atomic E-state index is 0.109. The van der Waals surface area contributed by atoms with E-state index in [1.165, 1.54) is 18.2 Å². The van der Waals surface area contributed by atoms with Crippen molar-refractivity contribution in [3.05, 3.63) is 59.7 Å². The number of methoxy groups -OCH3 is 1. The summed E-state index contributed by atoms with van der Waals surface area (Å²) < 4.78 is 43.8. The summed E-state index contributed by atoms with van der Waals surface area (Å²) in [7, 11) is 3.62. The van der Waals surface area contributed by atoms with Crippen molar-refractivity contribution in [2.24, 2.45) is 0 Å². The van der Waals surface area contributed by atoms with E-state index in [9.17, 15) is 14.4 Å². The van der Waals surface area contributed by atoms with Crippen molar-refractivity contribution in [3.8, 4) is 23.1 Å². The van der Waals surface area contributed by atoms with Gasteiger partial charge in [-0.2, -0.15) is 5.26 Å². The van der Waals surface area contributed by atoms with Crippen LogP contribution in [0.1, 0.15) is 50.6 Å². The van der Waals surface area contributed by atoms with Crippen LogP contribution in [0, 0.1) is 29.9 Å². The van der Waals surface area contributed by atoms with Gasteiger partial charge in [-0.3, -0.25) is 9.69 Å². The van der Waals surface area contributed by atoms with Crippen molar-refractivity contribution in [2.45, 2.75) is 70.2 Å². The van der Waals surface area contributed by atoms with Gasteiger partial charge in [0.05, 0.1) is 25.1 Å². The third kappa shape index (κ3) is 6.30. The number of ether oxygens (including phenoxy) is 2. The van der Waals surface area contributed by atoms with Gasteiger partial charge in [-0.25, -0.2) is 18.4 Å². The molecule has 0 bridgehead atoms. The molecule has 0 radical (unpaired) electrons. The second kappa shape index (κ2) is 13.7. The number of pyridine rings is 1. The molecule has 0 N–H and O–H groups in total. The highest BCUT2D eigenvalue weighted by Crippen LogP contribution is 2.40. The maximum atomic E-state index is 16.7.